The summed E-state index contributed by atoms with van der Waals surface area (Å²) in [4.78, 5) is 11.8. The number of hydrogen-bond acceptors (Lipinski definition) is 3. The van der Waals surface area contributed by atoms with E-state index in [0.717, 1.165) is 5.56 Å². The van der Waals surface area contributed by atoms with Gasteiger partial charge < -0.3 is 9.15 Å². The highest BCUT2D eigenvalue weighted by Crippen LogP contribution is 2.28. The highest BCUT2D eigenvalue weighted by Gasteiger charge is 2.22. The zero-order chi connectivity index (χ0) is 14.1. The quantitative estimate of drug-likeness (QED) is 0.583. The van der Waals surface area contributed by atoms with E-state index < -0.39 is 5.97 Å². The van der Waals surface area contributed by atoms with Crippen LogP contribution >= 0.6 is 27.5 Å². The lowest BCUT2D eigenvalue weighted by Crippen LogP contribution is -1.96. The van der Waals surface area contributed by atoms with Gasteiger partial charge in [-0.2, -0.15) is 0 Å². The average molecular weight is 352 g/mol. The van der Waals surface area contributed by atoms with Gasteiger partial charge in [0.05, 0.1) is 5.57 Å². The molecule has 3 rings (SSSR count). The van der Waals surface area contributed by atoms with Crippen molar-refractivity contribution in [2.45, 2.75) is 0 Å². The van der Waals surface area contributed by atoms with Crippen molar-refractivity contribution in [1.82, 2.24) is 0 Å². The zero-order valence-corrected chi connectivity index (χ0v) is 12.4. The molecule has 0 fully saturated rings. The number of carbonyl (C=O) groups is 1. The Morgan fingerprint density at radius 3 is 2.50 bits per heavy atom. The van der Waals surface area contributed by atoms with Crippen molar-refractivity contribution in [1.29, 1.82) is 0 Å². The molecule has 1 aliphatic rings. The van der Waals surface area contributed by atoms with Crippen LogP contribution in [0.1, 0.15) is 11.3 Å². The first-order chi connectivity index (χ1) is 9.61. The summed E-state index contributed by atoms with van der Waals surface area (Å²) in [6.45, 7) is 0. The van der Waals surface area contributed by atoms with Crippen LogP contribution in [0.3, 0.4) is 0 Å². The maximum absolute atomic E-state index is 11.8. The number of ether oxygens (including phenoxy) is 1. The van der Waals surface area contributed by atoms with Crippen LogP contribution in [0.25, 0.3) is 11.8 Å². The summed E-state index contributed by atoms with van der Waals surface area (Å²) in [5, 5.41) is 0.634. The van der Waals surface area contributed by atoms with E-state index in [1.807, 2.05) is 0 Å². The third-order valence-electron chi connectivity index (χ3n) is 2.75. The SMILES string of the molecule is O=C1OC(c2ccc(Cl)cc2)=CC1=Cc1ccc(Br)o1. The van der Waals surface area contributed by atoms with Crippen molar-refractivity contribution in [2.24, 2.45) is 0 Å². The normalized spacial score (nSPS) is 16.4. The van der Waals surface area contributed by atoms with Gasteiger partial charge in [-0.25, -0.2) is 4.79 Å². The van der Waals surface area contributed by atoms with Crippen molar-refractivity contribution in [3.8, 4) is 0 Å². The minimum atomic E-state index is -0.400. The molecule has 0 radical (unpaired) electrons. The van der Waals surface area contributed by atoms with Crippen LogP contribution in [0.2, 0.25) is 5.02 Å². The van der Waals surface area contributed by atoms with Gasteiger partial charge in [0.1, 0.15) is 11.5 Å². The van der Waals surface area contributed by atoms with Gasteiger partial charge in [0.2, 0.25) is 0 Å². The molecule has 0 saturated carbocycles. The molecule has 2 aromatic rings. The lowest BCUT2D eigenvalue weighted by atomic mass is 10.1. The van der Waals surface area contributed by atoms with Crippen molar-refractivity contribution in [3.63, 3.8) is 0 Å². The minimum absolute atomic E-state index is 0.400. The Balaban J connectivity index is 1.92. The Labute approximate surface area is 128 Å². The van der Waals surface area contributed by atoms with E-state index in [2.05, 4.69) is 15.9 Å². The fourth-order valence-corrected chi connectivity index (χ4v) is 2.25. The van der Waals surface area contributed by atoms with Crippen LogP contribution < -0.4 is 0 Å². The van der Waals surface area contributed by atoms with Crippen LogP contribution in [0.5, 0.6) is 0 Å². The second-order valence-electron chi connectivity index (χ2n) is 4.15. The van der Waals surface area contributed by atoms with Crippen molar-refractivity contribution >= 4 is 45.3 Å². The predicted molar refractivity (Wildman–Crippen MR) is 79.9 cm³/mol. The monoisotopic (exact) mass is 350 g/mol. The topological polar surface area (TPSA) is 39.4 Å². The van der Waals surface area contributed by atoms with Crippen molar-refractivity contribution in [2.75, 3.05) is 0 Å². The predicted octanol–water partition coefficient (Wildman–Crippen LogP) is 4.68. The fourth-order valence-electron chi connectivity index (χ4n) is 1.80. The van der Waals surface area contributed by atoms with E-state index in [1.165, 1.54) is 0 Å². The van der Waals surface area contributed by atoms with Crippen LogP contribution in [-0.4, -0.2) is 5.97 Å². The van der Waals surface area contributed by atoms with Gasteiger partial charge in [0.25, 0.3) is 0 Å². The van der Waals surface area contributed by atoms with Gasteiger partial charge in [-0.05, 0) is 64.5 Å². The Bertz CT molecular complexity index is 726. The number of hydrogen-bond donors (Lipinski definition) is 0. The number of esters is 1. The standard InChI is InChI=1S/C15H8BrClO3/c16-14-6-5-12(19-14)7-10-8-13(20-15(10)18)9-1-3-11(17)4-2-9/h1-8H. The molecule has 1 aliphatic heterocycles. The Morgan fingerprint density at radius 1 is 1.10 bits per heavy atom. The molecule has 0 spiro atoms. The number of carbonyl (C=O) groups excluding carboxylic acids is 1. The molecule has 20 heavy (non-hydrogen) atoms. The molecule has 5 heteroatoms. The molecule has 0 bridgehead atoms. The number of rotatable bonds is 2. The van der Waals surface area contributed by atoms with Crippen LogP contribution in [0.15, 0.2) is 57.1 Å². The molecule has 0 N–H and O–H groups in total. The molecule has 0 saturated heterocycles. The number of benzene rings is 1. The molecule has 0 unspecified atom stereocenters. The second-order valence-corrected chi connectivity index (χ2v) is 5.36. The van der Waals surface area contributed by atoms with Gasteiger partial charge in [-0.15, -0.1) is 0 Å². The third-order valence-corrected chi connectivity index (χ3v) is 3.42. The summed E-state index contributed by atoms with van der Waals surface area (Å²) in [5.74, 6) is 0.684. The van der Waals surface area contributed by atoms with Crippen molar-refractivity contribution in [3.05, 3.63) is 69.1 Å². The Kier molecular flexibility index (Phi) is 3.51. The van der Waals surface area contributed by atoms with Gasteiger partial charge >= 0.3 is 5.97 Å². The van der Waals surface area contributed by atoms with Gasteiger partial charge in [-0.1, -0.05) is 11.6 Å². The maximum Gasteiger partial charge on any atom is 0.343 e. The lowest BCUT2D eigenvalue weighted by molar-refractivity contribution is -0.130. The first kappa shape index (κ1) is 13.2. The minimum Gasteiger partial charge on any atom is -0.450 e. The molecule has 0 aliphatic carbocycles. The number of furan rings is 1. The fraction of sp³-hybridized carbons (Fsp3) is 0. The van der Waals surface area contributed by atoms with E-state index in [1.54, 1.807) is 48.6 Å². The zero-order valence-electron chi connectivity index (χ0n) is 10.1. The summed E-state index contributed by atoms with van der Waals surface area (Å²) < 4.78 is 11.2. The Morgan fingerprint density at radius 2 is 1.85 bits per heavy atom. The maximum atomic E-state index is 11.8. The largest absolute Gasteiger partial charge is 0.450 e. The summed E-state index contributed by atoms with van der Waals surface area (Å²) in [5.41, 5.74) is 1.24. The summed E-state index contributed by atoms with van der Waals surface area (Å²) in [7, 11) is 0. The van der Waals surface area contributed by atoms with Crippen LogP contribution in [0, 0.1) is 0 Å². The van der Waals surface area contributed by atoms with E-state index in [4.69, 9.17) is 20.8 Å². The smallest absolute Gasteiger partial charge is 0.343 e. The van der Waals surface area contributed by atoms with Gasteiger partial charge in [0.15, 0.2) is 4.67 Å². The molecule has 1 aromatic carbocycles. The van der Waals surface area contributed by atoms with E-state index >= 15 is 0 Å². The summed E-state index contributed by atoms with van der Waals surface area (Å²) in [6, 6.07) is 10.6. The van der Waals surface area contributed by atoms with E-state index in [-0.39, 0.29) is 0 Å². The summed E-state index contributed by atoms with van der Waals surface area (Å²) in [6.07, 6.45) is 3.32. The molecule has 0 amide bonds. The molecule has 2 heterocycles. The third kappa shape index (κ3) is 2.71. The van der Waals surface area contributed by atoms with Crippen molar-refractivity contribution < 1.29 is 13.9 Å². The van der Waals surface area contributed by atoms with Crippen LogP contribution in [-0.2, 0) is 9.53 Å². The van der Waals surface area contributed by atoms with Gasteiger partial charge in [-0.3, -0.25) is 0 Å². The molecular formula is C15H8BrClO3. The lowest BCUT2D eigenvalue weighted by Gasteiger charge is -2.00. The molecule has 0 atom stereocenters. The van der Waals surface area contributed by atoms with Crippen LogP contribution in [0.4, 0.5) is 0 Å². The van der Waals surface area contributed by atoms with Gasteiger partial charge in [0, 0.05) is 10.6 Å². The molecule has 1 aromatic heterocycles. The number of halogens is 2. The second kappa shape index (κ2) is 5.31. The molecule has 100 valence electrons. The van der Waals surface area contributed by atoms with E-state index in [9.17, 15) is 4.79 Å². The highest BCUT2D eigenvalue weighted by atomic mass is 79.9. The average Bonchev–Trinajstić information content (AvgIpc) is 2.98. The number of cyclic esters (lactones) is 1. The highest BCUT2D eigenvalue weighted by molar-refractivity contribution is 9.10. The summed E-state index contributed by atoms with van der Waals surface area (Å²) >= 11 is 9.04. The Hall–Kier alpha value is -1.78. The molecule has 3 nitrogen and oxygen atoms in total. The van der Waals surface area contributed by atoms with E-state index in [0.29, 0.717) is 26.8 Å². The first-order valence-corrected chi connectivity index (χ1v) is 6.96. The molecular weight excluding hydrogens is 344 g/mol. The first-order valence-electron chi connectivity index (χ1n) is 5.79.